The molecule has 7 heteroatoms. The first-order chi connectivity index (χ1) is 9.60. The van der Waals surface area contributed by atoms with E-state index in [1.807, 2.05) is 39.1 Å². The van der Waals surface area contributed by atoms with Crippen LogP contribution in [0.3, 0.4) is 0 Å². The Morgan fingerprint density at radius 2 is 1.95 bits per heavy atom. The molecule has 0 spiro atoms. The number of hydrogen-bond donors (Lipinski definition) is 2. The van der Waals surface area contributed by atoms with Crippen molar-refractivity contribution in [1.29, 1.82) is 0 Å². The number of halogens is 2. The second kappa shape index (κ2) is 10.0. The van der Waals surface area contributed by atoms with Gasteiger partial charge < -0.3 is 10.6 Å². The molecule has 0 fully saturated rings. The second-order valence-corrected chi connectivity index (χ2v) is 6.26. The molecule has 2 unspecified atom stereocenters. The molecule has 0 aliphatic carbocycles. The minimum atomic E-state index is -0.0159. The van der Waals surface area contributed by atoms with Gasteiger partial charge in [0.05, 0.1) is 15.2 Å². The molecular weight excluding hydrogens is 341 g/mol. The number of nitrogens with zero attached hydrogens (tertiary/aromatic N) is 1. The molecule has 1 aromatic carbocycles. The average Bonchev–Trinajstić information content (AvgIpc) is 2.80. The summed E-state index contributed by atoms with van der Waals surface area (Å²) in [6.45, 7) is 4.64. The highest BCUT2D eigenvalue weighted by Crippen LogP contribution is 2.22. The summed E-state index contributed by atoms with van der Waals surface area (Å²) in [5.41, 5.74) is 1.04. The Bertz CT molecular complexity index is 558. The first kappa shape index (κ1) is 21.1. The van der Waals surface area contributed by atoms with Gasteiger partial charge in [-0.05, 0) is 26.1 Å². The minimum Gasteiger partial charge on any atom is -0.353 e. The predicted molar refractivity (Wildman–Crippen MR) is 98.5 cm³/mol. The number of carbonyl (C=O) groups excluding carboxylic acids is 1. The fraction of sp³-hybridized carbons (Fsp3) is 0.467. The van der Waals surface area contributed by atoms with Gasteiger partial charge in [-0.25, -0.2) is 4.98 Å². The molecule has 124 valence electrons. The molecule has 2 atom stereocenters. The summed E-state index contributed by atoms with van der Waals surface area (Å²) in [6, 6.07) is 8.22. The summed E-state index contributed by atoms with van der Waals surface area (Å²) in [5, 5.41) is 7.13. The van der Waals surface area contributed by atoms with Crippen LogP contribution in [-0.2, 0) is 11.2 Å². The number of thiazole rings is 1. The number of benzene rings is 1. The minimum absolute atomic E-state index is 0. The van der Waals surface area contributed by atoms with E-state index in [1.54, 1.807) is 11.3 Å². The lowest BCUT2D eigenvalue weighted by atomic mass is 10.1. The summed E-state index contributed by atoms with van der Waals surface area (Å²) in [5.74, 6) is 0.0748. The van der Waals surface area contributed by atoms with Gasteiger partial charge in [0, 0.05) is 24.9 Å². The topological polar surface area (TPSA) is 54.0 Å². The van der Waals surface area contributed by atoms with E-state index in [-0.39, 0.29) is 42.7 Å². The van der Waals surface area contributed by atoms with Crippen LogP contribution >= 0.6 is 36.2 Å². The van der Waals surface area contributed by atoms with Gasteiger partial charge in [0.15, 0.2) is 0 Å². The van der Waals surface area contributed by atoms with Crippen molar-refractivity contribution in [3.63, 3.8) is 0 Å². The first-order valence-corrected chi connectivity index (χ1v) is 7.71. The summed E-state index contributed by atoms with van der Waals surface area (Å²) in [4.78, 5) is 16.5. The Kier molecular flexibility index (Phi) is 9.60. The molecule has 0 aliphatic heterocycles. The van der Waals surface area contributed by atoms with Crippen molar-refractivity contribution in [3.05, 3.63) is 29.3 Å². The third-order valence-corrected chi connectivity index (χ3v) is 4.22. The summed E-state index contributed by atoms with van der Waals surface area (Å²) in [6.07, 6.45) is 0.775. The van der Waals surface area contributed by atoms with Crippen LogP contribution in [0.25, 0.3) is 10.2 Å². The van der Waals surface area contributed by atoms with Crippen molar-refractivity contribution in [2.24, 2.45) is 5.92 Å². The van der Waals surface area contributed by atoms with Crippen LogP contribution in [0.5, 0.6) is 0 Å². The predicted octanol–water partition coefficient (Wildman–Crippen LogP) is 3.04. The van der Waals surface area contributed by atoms with Crippen molar-refractivity contribution in [1.82, 2.24) is 15.6 Å². The van der Waals surface area contributed by atoms with Crippen molar-refractivity contribution >= 4 is 52.3 Å². The van der Waals surface area contributed by atoms with Crippen molar-refractivity contribution in [2.45, 2.75) is 26.3 Å². The van der Waals surface area contributed by atoms with E-state index in [4.69, 9.17) is 0 Å². The molecule has 0 radical (unpaired) electrons. The molecule has 2 aromatic rings. The van der Waals surface area contributed by atoms with E-state index in [0.717, 1.165) is 16.9 Å². The van der Waals surface area contributed by atoms with Crippen LogP contribution in [0, 0.1) is 5.92 Å². The molecule has 0 bridgehead atoms. The van der Waals surface area contributed by atoms with E-state index in [9.17, 15) is 4.79 Å². The molecule has 1 aromatic heterocycles. The molecule has 0 saturated heterocycles. The number of carbonyl (C=O) groups is 1. The second-order valence-electron chi connectivity index (χ2n) is 5.15. The highest BCUT2D eigenvalue weighted by molar-refractivity contribution is 7.18. The summed E-state index contributed by atoms with van der Waals surface area (Å²) < 4.78 is 1.20. The molecular formula is C15H23Cl2N3OS. The zero-order valence-electron chi connectivity index (χ0n) is 13.0. The lowest BCUT2D eigenvalue weighted by Crippen LogP contribution is -2.40. The Morgan fingerprint density at radius 3 is 2.59 bits per heavy atom. The number of fused-ring (bicyclic) bond motifs is 1. The monoisotopic (exact) mass is 363 g/mol. The van der Waals surface area contributed by atoms with Crippen molar-refractivity contribution in [2.75, 3.05) is 13.6 Å². The maximum atomic E-state index is 11.9. The Labute approximate surface area is 147 Å². The van der Waals surface area contributed by atoms with Gasteiger partial charge in [0.2, 0.25) is 5.91 Å². The van der Waals surface area contributed by atoms with Crippen LogP contribution in [-0.4, -0.2) is 30.5 Å². The smallest absolute Gasteiger partial charge is 0.224 e. The standard InChI is InChI=1S/C15H21N3OS.2ClH/c1-10(9-16-3)15(19)17-11(2)8-14-18-12-6-4-5-7-13(12)20-14;;/h4-7,10-11,16H,8-9H2,1-3H3,(H,17,19);2*1H. The highest BCUT2D eigenvalue weighted by Gasteiger charge is 2.15. The van der Waals surface area contributed by atoms with Crippen LogP contribution in [0.2, 0.25) is 0 Å². The van der Waals surface area contributed by atoms with Crippen molar-refractivity contribution < 1.29 is 4.79 Å². The highest BCUT2D eigenvalue weighted by atomic mass is 35.5. The van der Waals surface area contributed by atoms with Crippen LogP contribution < -0.4 is 10.6 Å². The zero-order valence-corrected chi connectivity index (χ0v) is 15.4. The molecule has 1 amide bonds. The Morgan fingerprint density at radius 1 is 1.27 bits per heavy atom. The number of para-hydroxylation sites is 1. The molecule has 2 N–H and O–H groups in total. The third-order valence-electron chi connectivity index (χ3n) is 3.17. The lowest BCUT2D eigenvalue weighted by molar-refractivity contribution is -0.124. The first-order valence-electron chi connectivity index (χ1n) is 6.89. The van der Waals surface area contributed by atoms with Gasteiger partial charge in [-0.1, -0.05) is 19.1 Å². The van der Waals surface area contributed by atoms with E-state index < -0.39 is 0 Å². The molecule has 1 heterocycles. The lowest BCUT2D eigenvalue weighted by Gasteiger charge is -2.16. The van der Waals surface area contributed by atoms with Gasteiger partial charge in [0.1, 0.15) is 0 Å². The molecule has 4 nitrogen and oxygen atoms in total. The van der Waals surface area contributed by atoms with Gasteiger partial charge in [0.25, 0.3) is 0 Å². The number of nitrogens with one attached hydrogen (secondary N) is 2. The summed E-state index contributed by atoms with van der Waals surface area (Å²) >= 11 is 1.70. The van der Waals surface area contributed by atoms with Crippen LogP contribution in [0.1, 0.15) is 18.9 Å². The van der Waals surface area contributed by atoms with E-state index in [1.165, 1.54) is 4.70 Å². The third kappa shape index (κ3) is 5.72. The van der Waals surface area contributed by atoms with Gasteiger partial charge in [-0.3, -0.25) is 4.79 Å². The van der Waals surface area contributed by atoms with E-state index in [2.05, 4.69) is 21.7 Å². The van der Waals surface area contributed by atoms with Crippen LogP contribution in [0.15, 0.2) is 24.3 Å². The van der Waals surface area contributed by atoms with E-state index >= 15 is 0 Å². The fourth-order valence-corrected chi connectivity index (χ4v) is 3.20. The average molecular weight is 364 g/mol. The van der Waals surface area contributed by atoms with Gasteiger partial charge in [-0.15, -0.1) is 36.2 Å². The molecule has 0 aliphatic rings. The molecule has 0 saturated carbocycles. The number of hydrogen-bond acceptors (Lipinski definition) is 4. The maximum absolute atomic E-state index is 11.9. The summed E-state index contributed by atoms with van der Waals surface area (Å²) in [7, 11) is 1.86. The Hall–Kier alpha value is -0.880. The van der Waals surface area contributed by atoms with Gasteiger partial charge in [-0.2, -0.15) is 0 Å². The Balaban J connectivity index is 0.00000220. The molecule has 22 heavy (non-hydrogen) atoms. The van der Waals surface area contributed by atoms with Gasteiger partial charge >= 0.3 is 0 Å². The maximum Gasteiger partial charge on any atom is 0.224 e. The SMILES string of the molecule is CNCC(C)C(=O)NC(C)Cc1nc2ccccc2s1.Cl.Cl. The quantitative estimate of drug-likeness (QED) is 0.829. The van der Waals surface area contributed by atoms with Crippen molar-refractivity contribution in [3.8, 4) is 0 Å². The number of amides is 1. The fourth-order valence-electron chi connectivity index (χ4n) is 2.10. The molecule has 2 rings (SSSR count). The van der Waals surface area contributed by atoms with E-state index in [0.29, 0.717) is 6.54 Å². The number of rotatable bonds is 6. The normalized spacial score (nSPS) is 12.9. The zero-order chi connectivity index (χ0) is 14.5. The number of aromatic nitrogens is 1. The largest absolute Gasteiger partial charge is 0.353 e. The van der Waals surface area contributed by atoms with Crippen LogP contribution in [0.4, 0.5) is 0 Å².